The Morgan fingerprint density at radius 3 is 2.53 bits per heavy atom. The number of aliphatic carboxylic acids is 1. The van der Waals surface area contributed by atoms with Gasteiger partial charge in [-0.3, -0.25) is 9.59 Å². The standard InChI is InChI=1S/C10H18N2O3/c11-4-2-1-3-9(13)12-6-8(7-12)5-10(14)15/h8H,1-7,11H2,(H,14,15). The van der Waals surface area contributed by atoms with Crippen LogP contribution in [-0.4, -0.2) is 41.5 Å². The van der Waals surface area contributed by atoms with E-state index in [1.807, 2.05) is 0 Å². The number of carbonyl (C=O) groups is 2. The van der Waals surface area contributed by atoms with Crippen molar-refractivity contribution >= 4 is 11.9 Å². The van der Waals surface area contributed by atoms with Gasteiger partial charge in [-0.2, -0.15) is 0 Å². The van der Waals surface area contributed by atoms with E-state index in [1.54, 1.807) is 4.90 Å². The fraction of sp³-hybridized carbons (Fsp3) is 0.800. The second kappa shape index (κ2) is 5.70. The number of amides is 1. The van der Waals surface area contributed by atoms with E-state index >= 15 is 0 Å². The molecule has 1 amide bonds. The van der Waals surface area contributed by atoms with Crippen LogP contribution in [0.25, 0.3) is 0 Å². The zero-order chi connectivity index (χ0) is 11.3. The van der Waals surface area contributed by atoms with Gasteiger partial charge >= 0.3 is 5.97 Å². The van der Waals surface area contributed by atoms with E-state index in [2.05, 4.69) is 0 Å². The lowest BCUT2D eigenvalue weighted by molar-refractivity contribution is -0.145. The molecule has 1 rings (SSSR count). The van der Waals surface area contributed by atoms with E-state index in [4.69, 9.17) is 10.8 Å². The molecule has 3 N–H and O–H groups in total. The normalized spacial score (nSPS) is 16.2. The van der Waals surface area contributed by atoms with Gasteiger partial charge in [-0.15, -0.1) is 0 Å². The van der Waals surface area contributed by atoms with E-state index in [1.165, 1.54) is 0 Å². The van der Waals surface area contributed by atoms with Crippen molar-refractivity contribution < 1.29 is 14.7 Å². The van der Waals surface area contributed by atoms with Gasteiger partial charge < -0.3 is 15.7 Å². The number of carbonyl (C=O) groups excluding carboxylic acids is 1. The zero-order valence-corrected chi connectivity index (χ0v) is 8.82. The maximum atomic E-state index is 11.5. The molecule has 0 radical (unpaired) electrons. The van der Waals surface area contributed by atoms with Crippen molar-refractivity contribution in [2.24, 2.45) is 11.7 Å². The van der Waals surface area contributed by atoms with Crippen LogP contribution in [0.15, 0.2) is 0 Å². The first-order valence-electron chi connectivity index (χ1n) is 5.33. The van der Waals surface area contributed by atoms with E-state index in [0.717, 1.165) is 12.8 Å². The lowest BCUT2D eigenvalue weighted by Crippen LogP contribution is -2.50. The molecule has 0 atom stereocenters. The minimum atomic E-state index is -0.782. The summed E-state index contributed by atoms with van der Waals surface area (Å²) in [6, 6.07) is 0. The minimum absolute atomic E-state index is 0.130. The van der Waals surface area contributed by atoms with Crippen molar-refractivity contribution in [1.82, 2.24) is 4.90 Å². The summed E-state index contributed by atoms with van der Waals surface area (Å²) in [6.07, 6.45) is 2.41. The highest BCUT2D eigenvalue weighted by Crippen LogP contribution is 2.20. The topological polar surface area (TPSA) is 83.6 Å². The predicted molar refractivity (Wildman–Crippen MR) is 55.2 cm³/mol. The molecule has 5 nitrogen and oxygen atoms in total. The fourth-order valence-electron chi connectivity index (χ4n) is 1.73. The van der Waals surface area contributed by atoms with Crippen LogP contribution < -0.4 is 5.73 Å². The molecule has 0 aromatic rings. The van der Waals surface area contributed by atoms with Crippen LogP contribution in [0.3, 0.4) is 0 Å². The summed E-state index contributed by atoms with van der Waals surface area (Å²) in [5.41, 5.74) is 5.32. The molecule has 1 fully saturated rings. The van der Waals surface area contributed by atoms with Crippen LogP contribution in [0.4, 0.5) is 0 Å². The number of carboxylic acids is 1. The Morgan fingerprint density at radius 2 is 2.00 bits per heavy atom. The van der Waals surface area contributed by atoms with Crippen LogP contribution in [-0.2, 0) is 9.59 Å². The molecular formula is C10H18N2O3. The summed E-state index contributed by atoms with van der Waals surface area (Å²) in [5, 5.41) is 8.53. The first-order valence-corrected chi connectivity index (χ1v) is 5.33. The molecule has 0 aliphatic carbocycles. The third kappa shape index (κ3) is 3.87. The second-order valence-corrected chi connectivity index (χ2v) is 4.01. The number of nitrogens with zero attached hydrogens (tertiary/aromatic N) is 1. The van der Waals surface area contributed by atoms with E-state index in [9.17, 15) is 9.59 Å². The molecule has 1 aliphatic heterocycles. The number of likely N-dealkylation sites (tertiary alicyclic amines) is 1. The maximum Gasteiger partial charge on any atom is 0.303 e. The van der Waals surface area contributed by atoms with Crippen LogP contribution >= 0.6 is 0 Å². The molecule has 0 saturated carbocycles. The monoisotopic (exact) mass is 214 g/mol. The van der Waals surface area contributed by atoms with Crippen molar-refractivity contribution in [2.45, 2.75) is 25.7 Å². The average Bonchev–Trinajstić information content (AvgIpc) is 2.10. The SMILES string of the molecule is NCCCCC(=O)N1CC(CC(=O)O)C1. The van der Waals surface area contributed by atoms with Gasteiger partial charge in [-0.25, -0.2) is 0 Å². The highest BCUT2D eigenvalue weighted by molar-refractivity contribution is 5.77. The number of carboxylic acid groups (broad SMARTS) is 1. The number of unbranched alkanes of at least 4 members (excludes halogenated alkanes) is 1. The summed E-state index contributed by atoms with van der Waals surface area (Å²) < 4.78 is 0. The third-order valence-corrected chi connectivity index (χ3v) is 2.62. The van der Waals surface area contributed by atoms with Crippen LogP contribution in [0.1, 0.15) is 25.7 Å². The van der Waals surface area contributed by atoms with Crippen molar-refractivity contribution in [1.29, 1.82) is 0 Å². The van der Waals surface area contributed by atoms with Crippen LogP contribution in [0, 0.1) is 5.92 Å². The molecule has 0 unspecified atom stereocenters. The van der Waals surface area contributed by atoms with Gasteiger partial charge in [0.25, 0.3) is 0 Å². The van der Waals surface area contributed by atoms with E-state index < -0.39 is 5.97 Å². The Morgan fingerprint density at radius 1 is 1.33 bits per heavy atom. The maximum absolute atomic E-state index is 11.5. The molecule has 0 bridgehead atoms. The molecule has 1 saturated heterocycles. The predicted octanol–water partition coefficient (Wildman–Crippen LogP) is 0.0485. The lowest BCUT2D eigenvalue weighted by atomic mass is 9.96. The van der Waals surface area contributed by atoms with Gasteiger partial charge in [-0.05, 0) is 19.4 Å². The number of nitrogens with two attached hydrogens (primary N) is 1. The number of hydrogen-bond acceptors (Lipinski definition) is 3. The summed E-state index contributed by atoms with van der Waals surface area (Å²) in [4.78, 5) is 23.6. The molecule has 86 valence electrons. The smallest absolute Gasteiger partial charge is 0.303 e. The van der Waals surface area contributed by atoms with Crippen molar-refractivity contribution in [3.05, 3.63) is 0 Å². The molecular weight excluding hydrogens is 196 g/mol. The van der Waals surface area contributed by atoms with Crippen molar-refractivity contribution in [2.75, 3.05) is 19.6 Å². The summed E-state index contributed by atoms with van der Waals surface area (Å²) in [7, 11) is 0. The Bertz CT molecular complexity index is 237. The number of hydrogen-bond donors (Lipinski definition) is 2. The van der Waals surface area contributed by atoms with Crippen molar-refractivity contribution in [3.63, 3.8) is 0 Å². The van der Waals surface area contributed by atoms with Crippen LogP contribution in [0.2, 0.25) is 0 Å². The third-order valence-electron chi connectivity index (χ3n) is 2.62. The van der Waals surface area contributed by atoms with Gasteiger partial charge in [-0.1, -0.05) is 0 Å². The zero-order valence-electron chi connectivity index (χ0n) is 8.82. The number of rotatable bonds is 6. The van der Waals surface area contributed by atoms with Gasteiger partial charge in [0.05, 0.1) is 6.42 Å². The summed E-state index contributed by atoms with van der Waals surface area (Å²) >= 11 is 0. The molecule has 0 aromatic heterocycles. The molecule has 15 heavy (non-hydrogen) atoms. The van der Waals surface area contributed by atoms with Gasteiger partial charge in [0.1, 0.15) is 0 Å². The first kappa shape index (κ1) is 12.0. The van der Waals surface area contributed by atoms with E-state index in [-0.39, 0.29) is 18.2 Å². The minimum Gasteiger partial charge on any atom is -0.481 e. The molecule has 1 heterocycles. The van der Waals surface area contributed by atoms with Crippen molar-refractivity contribution in [3.8, 4) is 0 Å². The Balaban J connectivity index is 2.09. The molecule has 5 heteroatoms. The molecule has 1 aliphatic rings. The average molecular weight is 214 g/mol. The summed E-state index contributed by atoms with van der Waals surface area (Å²) in [6.45, 7) is 1.83. The van der Waals surface area contributed by atoms with Gasteiger partial charge in [0.2, 0.25) is 5.91 Å². The highest BCUT2D eigenvalue weighted by atomic mass is 16.4. The van der Waals surface area contributed by atoms with Gasteiger partial charge in [0, 0.05) is 25.4 Å². The van der Waals surface area contributed by atoms with E-state index in [0.29, 0.717) is 26.1 Å². The molecule has 0 spiro atoms. The Labute approximate surface area is 89.2 Å². The quantitative estimate of drug-likeness (QED) is 0.612. The first-order chi connectivity index (χ1) is 7.13. The van der Waals surface area contributed by atoms with Crippen LogP contribution in [0.5, 0.6) is 0 Å². The summed E-state index contributed by atoms with van der Waals surface area (Å²) in [5.74, 6) is -0.499. The largest absolute Gasteiger partial charge is 0.481 e. The Hall–Kier alpha value is -1.10. The molecule has 0 aromatic carbocycles. The second-order valence-electron chi connectivity index (χ2n) is 4.01. The Kier molecular flexibility index (Phi) is 4.55. The lowest BCUT2D eigenvalue weighted by Gasteiger charge is -2.38. The van der Waals surface area contributed by atoms with Gasteiger partial charge in [0.15, 0.2) is 0 Å². The highest BCUT2D eigenvalue weighted by Gasteiger charge is 2.31. The fourth-order valence-corrected chi connectivity index (χ4v) is 1.73.